The Bertz CT molecular complexity index is 829. The van der Waals surface area contributed by atoms with Gasteiger partial charge in [-0.15, -0.1) is 0 Å². The molecule has 0 aliphatic carbocycles. The molecule has 21 heavy (non-hydrogen) atoms. The van der Waals surface area contributed by atoms with Gasteiger partial charge >= 0.3 is 17.3 Å². The molecule has 1 aromatic carbocycles. The van der Waals surface area contributed by atoms with Gasteiger partial charge in [-0.2, -0.15) is 0 Å². The Morgan fingerprint density at radius 3 is 2.81 bits per heavy atom. The van der Waals surface area contributed by atoms with Gasteiger partial charge in [-0.1, -0.05) is 18.2 Å². The van der Waals surface area contributed by atoms with Crippen molar-refractivity contribution in [2.24, 2.45) is 0 Å². The number of hydrogen-bond acceptors (Lipinski definition) is 6. The highest BCUT2D eigenvalue weighted by atomic mass is 16.5. The second-order valence-electron chi connectivity index (χ2n) is 4.00. The van der Waals surface area contributed by atoms with E-state index in [1.54, 1.807) is 31.2 Å². The summed E-state index contributed by atoms with van der Waals surface area (Å²) in [5, 5.41) is 19.4. The first-order valence-electron chi connectivity index (χ1n) is 6.07. The van der Waals surface area contributed by atoms with Crippen LogP contribution in [0.4, 0.5) is 0 Å². The third-order valence-electron chi connectivity index (χ3n) is 2.69. The molecule has 2 rings (SSSR count). The van der Waals surface area contributed by atoms with Crippen LogP contribution in [0.1, 0.15) is 12.5 Å². The average Bonchev–Trinajstić information content (AvgIpc) is 2.47. The van der Waals surface area contributed by atoms with E-state index in [1.165, 1.54) is 6.07 Å². The van der Waals surface area contributed by atoms with Crippen molar-refractivity contribution in [3.63, 3.8) is 0 Å². The monoisotopic (exact) mass is 287 g/mol. The smallest absolute Gasteiger partial charge is 0.500 e. The first-order valence-corrected chi connectivity index (χ1v) is 6.07. The van der Waals surface area contributed by atoms with Crippen LogP contribution in [0, 0.1) is 5.39 Å². The largest absolute Gasteiger partial charge is 0.510 e. The SMILES string of the molecule is CCOC(=O)/C([N+]#N)=C(\O)c1cc2ccccc2oc1=O. The zero-order chi connectivity index (χ0) is 15.4. The lowest BCUT2D eigenvalue weighted by Gasteiger charge is -2.00. The summed E-state index contributed by atoms with van der Waals surface area (Å²) in [5.74, 6) is -1.86. The van der Waals surface area contributed by atoms with Crippen LogP contribution in [0.3, 0.4) is 0 Å². The zero-order valence-corrected chi connectivity index (χ0v) is 11.1. The quantitative estimate of drug-likeness (QED) is 0.305. The van der Waals surface area contributed by atoms with Crippen LogP contribution in [0.15, 0.2) is 45.2 Å². The van der Waals surface area contributed by atoms with Crippen LogP contribution < -0.4 is 5.63 Å². The third kappa shape index (κ3) is 2.74. The van der Waals surface area contributed by atoms with Crippen LogP contribution in [0.25, 0.3) is 21.7 Å². The highest BCUT2D eigenvalue weighted by molar-refractivity contribution is 5.98. The highest BCUT2D eigenvalue weighted by Crippen LogP contribution is 2.20. The minimum atomic E-state index is -1.05. The van der Waals surface area contributed by atoms with E-state index >= 15 is 0 Å². The van der Waals surface area contributed by atoms with Crippen molar-refractivity contribution in [1.82, 2.24) is 0 Å². The molecule has 1 N–H and O–H groups in total. The van der Waals surface area contributed by atoms with Gasteiger partial charge in [0.15, 0.2) is 4.98 Å². The molecule has 1 heterocycles. The second kappa shape index (κ2) is 5.88. The molecule has 0 radical (unpaired) electrons. The summed E-state index contributed by atoms with van der Waals surface area (Å²) in [4.78, 5) is 26.1. The van der Waals surface area contributed by atoms with Crippen LogP contribution in [0.2, 0.25) is 0 Å². The number of carbonyl (C=O) groups is 1. The molecule has 0 amide bonds. The molecule has 106 valence electrons. The normalized spacial score (nSPS) is 11.6. The van der Waals surface area contributed by atoms with Gasteiger partial charge in [0.25, 0.3) is 0 Å². The fourth-order valence-electron chi connectivity index (χ4n) is 1.74. The standard InChI is InChI=1S/C14H10N2O5/c1-2-20-14(19)11(16-15)12(17)9-7-8-5-3-4-6-10(8)21-13(9)18/h3-7H,2H2,1H3/p+1. The van der Waals surface area contributed by atoms with E-state index < -0.39 is 23.1 Å². The maximum atomic E-state index is 11.8. The van der Waals surface area contributed by atoms with Crippen molar-refractivity contribution in [1.29, 1.82) is 5.39 Å². The fraction of sp³-hybridized carbons (Fsp3) is 0.143. The van der Waals surface area contributed by atoms with Crippen molar-refractivity contribution in [2.75, 3.05) is 6.61 Å². The van der Waals surface area contributed by atoms with E-state index in [0.717, 1.165) is 0 Å². The average molecular weight is 287 g/mol. The molecule has 0 saturated carbocycles. The number of ether oxygens (including phenoxy) is 1. The molecule has 0 bridgehead atoms. The summed E-state index contributed by atoms with van der Waals surface area (Å²) in [6.45, 7) is 1.58. The topological polar surface area (TPSA) is 105 Å². The minimum Gasteiger partial charge on any atom is -0.500 e. The molecule has 0 fully saturated rings. The number of rotatable bonds is 3. The van der Waals surface area contributed by atoms with Crippen molar-refractivity contribution in [3.8, 4) is 0 Å². The first-order chi connectivity index (χ1) is 10.1. The molecule has 0 aliphatic rings. The molecule has 7 nitrogen and oxygen atoms in total. The van der Waals surface area contributed by atoms with Crippen LogP contribution in [-0.4, -0.2) is 17.7 Å². The molecule has 1 aromatic heterocycles. The lowest BCUT2D eigenvalue weighted by Crippen LogP contribution is -2.12. The molecular weight excluding hydrogens is 276 g/mol. The lowest BCUT2D eigenvalue weighted by molar-refractivity contribution is -0.138. The van der Waals surface area contributed by atoms with Crippen molar-refractivity contribution in [3.05, 3.63) is 57.0 Å². The molecule has 0 unspecified atom stereocenters. The number of fused-ring (bicyclic) bond motifs is 1. The van der Waals surface area contributed by atoms with Crippen LogP contribution >= 0.6 is 0 Å². The van der Waals surface area contributed by atoms with E-state index in [0.29, 0.717) is 11.0 Å². The number of carbonyl (C=O) groups excluding carboxylic acids is 1. The zero-order valence-electron chi connectivity index (χ0n) is 11.1. The van der Waals surface area contributed by atoms with Crippen molar-refractivity contribution >= 4 is 22.7 Å². The Hall–Kier alpha value is -3.14. The highest BCUT2D eigenvalue weighted by Gasteiger charge is 2.33. The number of aliphatic hydroxyl groups excluding tert-OH is 1. The Morgan fingerprint density at radius 2 is 2.14 bits per heavy atom. The van der Waals surface area contributed by atoms with Gasteiger partial charge in [0.1, 0.15) is 11.1 Å². The maximum absolute atomic E-state index is 11.8. The summed E-state index contributed by atoms with van der Waals surface area (Å²) in [7, 11) is 0. The maximum Gasteiger partial charge on any atom is 0.510 e. The Morgan fingerprint density at radius 1 is 1.43 bits per heavy atom. The van der Waals surface area contributed by atoms with Crippen molar-refractivity contribution in [2.45, 2.75) is 6.92 Å². The molecule has 0 spiro atoms. The summed E-state index contributed by atoms with van der Waals surface area (Å²) in [6, 6.07) is 7.99. The third-order valence-corrected chi connectivity index (χ3v) is 2.69. The number of diazo groups is 1. The molecule has 0 atom stereocenters. The van der Waals surface area contributed by atoms with E-state index in [1.807, 2.05) is 0 Å². The van der Waals surface area contributed by atoms with Crippen LogP contribution in [-0.2, 0) is 9.53 Å². The van der Waals surface area contributed by atoms with E-state index in [2.05, 4.69) is 9.71 Å². The van der Waals surface area contributed by atoms with Gasteiger partial charge in [-0.05, 0) is 19.1 Å². The number of nitrogens with zero attached hydrogens (tertiary/aromatic N) is 2. The second-order valence-corrected chi connectivity index (χ2v) is 4.00. The number of aliphatic hydroxyl groups is 1. The van der Waals surface area contributed by atoms with E-state index in [4.69, 9.17) is 9.81 Å². The summed E-state index contributed by atoms with van der Waals surface area (Å²) < 4.78 is 9.64. The molecule has 7 heteroatoms. The van der Waals surface area contributed by atoms with Gasteiger partial charge in [-0.25, -0.2) is 9.59 Å². The molecule has 0 aliphatic heterocycles. The molecule has 0 saturated heterocycles. The van der Waals surface area contributed by atoms with Gasteiger partial charge in [-0.3, -0.25) is 0 Å². The van der Waals surface area contributed by atoms with Gasteiger partial charge in [0.2, 0.25) is 11.2 Å². The first kappa shape index (κ1) is 14.3. The minimum absolute atomic E-state index is 0.0253. The van der Waals surface area contributed by atoms with E-state index in [-0.39, 0.29) is 12.2 Å². The van der Waals surface area contributed by atoms with E-state index in [9.17, 15) is 14.7 Å². The predicted octanol–water partition coefficient (Wildman–Crippen LogP) is 2.44. The molecule has 2 aromatic rings. The molecular formula is C14H11N2O5+. The predicted molar refractivity (Wildman–Crippen MR) is 73.7 cm³/mol. The Balaban J connectivity index is 2.64. The Labute approximate surface area is 118 Å². The van der Waals surface area contributed by atoms with Crippen molar-refractivity contribution < 1.29 is 19.1 Å². The fourth-order valence-corrected chi connectivity index (χ4v) is 1.74. The van der Waals surface area contributed by atoms with Gasteiger partial charge < -0.3 is 14.3 Å². The summed E-state index contributed by atoms with van der Waals surface area (Å²) >= 11 is 0. The summed E-state index contributed by atoms with van der Waals surface area (Å²) in [6.07, 6.45) is 0. The number of esters is 1. The van der Waals surface area contributed by atoms with Gasteiger partial charge in [0.05, 0.1) is 6.61 Å². The Kier molecular flexibility index (Phi) is 4.00. The number of hydrogen-bond donors (Lipinski definition) is 1. The lowest BCUT2D eigenvalue weighted by atomic mass is 10.1. The summed E-state index contributed by atoms with van der Waals surface area (Å²) in [5.41, 5.74) is -1.59. The van der Waals surface area contributed by atoms with Crippen LogP contribution in [0.5, 0.6) is 0 Å². The number of para-hydroxylation sites is 1. The van der Waals surface area contributed by atoms with Gasteiger partial charge in [0, 0.05) is 5.39 Å². The number of benzene rings is 1.